The monoisotopic (exact) mass is 381 g/mol. The number of carbonyl (C=O) groups excluding carboxylic acids is 5. The van der Waals surface area contributed by atoms with Gasteiger partial charge in [0.2, 0.25) is 11.8 Å². The normalized spacial score (nSPS) is 23.5. The molecule has 5 amide bonds. The van der Waals surface area contributed by atoms with Gasteiger partial charge in [0.05, 0.1) is 11.8 Å². The van der Waals surface area contributed by atoms with Gasteiger partial charge in [0, 0.05) is 5.54 Å². The minimum atomic E-state index is -1.10. The first kappa shape index (κ1) is 20.9. The van der Waals surface area contributed by atoms with Gasteiger partial charge in [-0.1, -0.05) is 12.8 Å². The minimum absolute atomic E-state index is 0.344. The second-order valence-corrected chi connectivity index (χ2v) is 8.08. The molecule has 1 saturated carbocycles. The highest BCUT2D eigenvalue weighted by molar-refractivity contribution is 6.08. The van der Waals surface area contributed by atoms with Crippen molar-refractivity contribution in [2.45, 2.75) is 65.0 Å². The summed E-state index contributed by atoms with van der Waals surface area (Å²) < 4.78 is 4.88. The van der Waals surface area contributed by atoms with Crippen molar-refractivity contribution in [3.8, 4) is 0 Å². The molecular weight excluding hydrogens is 354 g/mol. The predicted octanol–water partition coefficient (Wildman–Crippen LogP) is 0.718. The smallest absolute Gasteiger partial charge is 0.329 e. The Balaban J connectivity index is 1.87. The number of nitrogens with zero attached hydrogens (tertiary/aromatic N) is 1. The summed E-state index contributed by atoms with van der Waals surface area (Å²) in [6, 6.07) is -1.81. The molecule has 1 aliphatic heterocycles. The number of hydrogen-bond acceptors (Lipinski definition) is 6. The number of ether oxygens (including phenoxy) is 1. The van der Waals surface area contributed by atoms with E-state index in [1.807, 2.05) is 5.32 Å². The van der Waals surface area contributed by atoms with Crippen LogP contribution in [0.25, 0.3) is 0 Å². The lowest BCUT2D eigenvalue weighted by Crippen LogP contribution is -2.49. The molecule has 0 unspecified atom stereocenters. The van der Waals surface area contributed by atoms with Crippen LogP contribution in [0.2, 0.25) is 0 Å². The number of carbonyl (C=O) groups is 5. The fourth-order valence-electron chi connectivity index (χ4n) is 3.47. The summed E-state index contributed by atoms with van der Waals surface area (Å²) >= 11 is 0. The minimum Gasteiger partial charge on any atom is -0.454 e. The second kappa shape index (κ2) is 8.06. The van der Waals surface area contributed by atoms with Crippen LogP contribution in [0, 0.1) is 11.8 Å². The van der Waals surface area contributed by atoms with Gasteiger partial charge in [0.15, 0.2) is 6.61 Å². The molecule has 2 N–H and O–H groups in total. The number of imide groups is 2. The molecule has 9 nitrogen and oxygen atoms in total. The quantitative estimate of drug-likeness (QED) is 0.546. The van der Waals surface area contributed by atoms with E-state index in [1.54, 1.807) is 20.8 Å². The van der Waals surface area contributed by atoms with Gasteiger partial charge in [0.1, 0.15) is 6.04 Å². The van der Waals surface area contributed by atoms with Crippen molar-refractivity contribution in [2.75, 3.05) is 6.61 Å². The summed E-state index contributed by atoms with van der Waals surface area (Å²) in [5.74, 6) is -3.06. The molecule has 1 heterocycles. The molecule has 1 aliphatic carbocycles. The summed E-state index contributed by atoms with van der Waals surface area (Å²) in [5, 5.41) is 4.58. The number of urea groups is 1. The zero-order chi connectivity index (χ0) is 20.4. The first-order chi connectivity index (χ1) is 12.5. The van der Waals surface area contributed by atoms with Crippen LogP contribution in [-0.2, 0) is 23.9 Å². The van der Waals surface area contributed by atoms with Crippen LogP contribution in [0.3, 0.4) is 0 Å². The largest absolute Gasteiger partial charge is 0.454 e. The highest BCUT2D eigenvalue weighted by Gasteiger charge is 2.51. The van der Waals surface area contributed by atoms with Crippen LogP contribution >= 0.6 is 0 Å². The van der Waals surface area contributed by atoms with E-state index in [-0.39, 0.29) is 23.7 Å². The molecule has 1 saturated heterocycles. The second-order valence-electron chi connectivity index (χ2n) is 8.08. The van der Waals surface area contributed by atoms with E-state index >= 15 is 0 Å². The third kappa shape index (κ3) is 5.05. The number of amides is 5. The summed E-state index contributed by atoms with van der Waals surface area (Å²) in [4.78, 5) is 61.4. The molecule has 0 spiro atoms. The molecule has 2 aliphatic rings. The lowest BCUT2D eigenvalue weighted by Gasteiger charge is -2.22. The standard InChI is InChI=1S/C18H27N3O6/c1-10(21-14(23)11-7-5-6-8-12(11)15(21)24)16(25)27-9-13(22)19-17(26)20-18(2,3)4/h10-12H,5-9H2,1-4H3,(H2,19,20,22,26)/t10-,11-,12+/m0/s1. The molecule has 2 fully saturated rings. The van der Waals surface area contributed by atoms with Crippen molar-refractivity contribution >= 4 is 29.7 Å². The molecule has 0 aromatic heterocycles. The van der Waals surface area contributed by atoms with Gasteiger partial charge in [-0.2, -0.15) is 0 Å². The van der Waals surface area contributed by atoms with Crippen LogP contribution in [0.4, 0.5) is 4.79 Å². The average Bonchev–Trinajstić information content (AvgIpc) is 2.82. The topological polar surface area (TPSA) is 122 Å². The van der Waals surface area contributed by atoms with Crippen molar-refractivity contribution in [3.63, 3.8) is 0 Å². The zero-order valence-electron chi connectivity index (χ0n) is 16.2. The third-order valence-corrected chi connectivity index (χ3v) is 4.69. The maximum absolute atomic E-state index is 12.5. The molecule has 27 heavy (non-hydrogen) atoms. The van der Waals surface area contributed by atoms with Crippen molar-refractivity contribution in [3.05, 3.63) is 0 Å². The van der Waals surface area contributed by atoms with Gasteiger partial charge in [0.25, 0.3) is 5.91 Å². The van der Waals surface area contributed by atoms with E-state index in [4.69, 9.17) is 4.74 Å². The summed E-state index contributed by atoms with van der Waals surface area (Å²) in [6.07, 6.45) is 3.09. The van der Waals surface area contributed by atoms with Crippen LogP contribution in [-0.4, -0.2) is 52.8 Å². The molecular formula is C18H27N3O6. The van der Waals surface area contributed by atoms with Gasteiger partial charge < -0.3 is 10.1 Å². The Kier molecular flexibility index (Phi) is 6.22. The molecule has 9 heteroatoms. The number of likely N-dealkylation sites (tertiary alicyclic amines) is 1. The maximum atomic E-state index is 12.5. The van der Waals surface area contributed by atoms with E-state index in [0.29, 0.717) is 12.8 Å². The Morgan fingerprint density at radius 3 is 2.11 bits per heavy atom. The van der Waals surface area contributed by atoms with Gasteiger partial charge in [-0.3, -0.25) is 24.6 Å². The Labute approximate surface area is 158 Å². The lowest BCUT2D eigenvalue weighted by molar-refractivity contribution is -0.159. The number of nitrogens with one attached hydrogen (secondary N) is 2. The summed E-state index contributed by atoms with van der Waals surface area (Å²) in [5.41, 5.74) is -0.525. The Hall–Kier alpha value is -2.45. The lowest BCUT2D eigenvalue weighted by atomic mass is 9.81. The maximum Gasteiger partial charge on any atom is 0.329 e. The fourth-order valence-corrected chi connectivity index (χ4v) is 3.47. The molecule has 0 aromatic rings. The zero-order valence-corrected chi connectivity index (χ0v) is 16.2. The van der Waals surface area contributed by atoms with Crippen LogP contribution < -0.4 is 10.6 Å². The molecule has 0 aromatic carbocycles. The number of rotatable bonds is 4. The Morgan fingerprint density at radius 2 is 1.63 bits per heavy atom. The molecule has 150 valence electrons. The molecule has 3 atom stereocenters. The van der Waals surface area contributed by atoms with E-state index in [1.165, 1.54) is 6.92 Å². The van der Waals surface area contributed by atoms with Crippen molar-refractivity contribution in [2.24, 2.45) is 11.8 Å². The van der Waals surface area contributed by atoms with Gasteiger partial charge in [-0.05, 0) is 40.5 Å². The van der Waals surface area contributed by atoms with E-state index < -0.39 is 36.1 Å². The third-order valence-electron chi connectivity index (χ3n) is 4.69. The molecule has 0 bridgehead atoms. The highest BCUT2D eigenvalue weighted by atomic mass is 16.5. The fraction of sp³-hybridized carbons (Fsp3) is 0.722. The number of esters is 1. The van der Waals surface area contributed by atoms with Crippen molar-refractivity contribution in [1.29, 1.82) is 0 Å². The van der Waals surface area contributed by atoms with Gasteiger partial charge >= 0.3 is 12.0 Å². The predicted molar refractivity (Wildman–Crippen MR) is 94.1 cm³/mol. The van der Waals surface area contributed by atoms with Gasteiger partial charge in [-0.25, -0.2) is 9.59 Å². The first-order valence-electron chi connectivity index (χ1n) is 9.17. The Bertz CT molecular complexity index is 630. The summed E-state index contributed by atoms with van der Waals surface area (Å²) in [7, 11) is 0. The first-order valence-corrected chi connectivity index (χ1v) is 9.17. The molecule has 0 radical (unpaired) electrons. The van der Waals surface area contributed by atoms with E-state index in [2.05, 4.69) is 5.32 Å². The van der Waals surface area contributed by atoms with Crippen LogP contribution in [0.15, 0.2) is 0 Å². The highest BCUT2D eigenvalue weighted by Crippen LogP contribution is 2.38. The van der Waals surface area contributed by atoms with E-state index in [0.717, 1.165) is 17.7 Å². The van der Waals surface area contributed by atoms with Gasteiger partial charge in [-0.15, -0.1) is 0 Å². The summed E-state index contributed by atoms with van der Waals surface area (Å²) in [6.45, 7) is 5.98. The van der Waals surface area contributed by atoms with Crippen LogP contribution in [0.5, 0.6) is 0 Å². The number of hydrogen-bond donors (Lipinski definition) is 2. The van der Waals surface area contributed by atoms with Crippen molar-refractivity contribution in [1.82, 2.24) is 15.5 Å². The van der Waals surface area contributed by atoms with Crippen molar-refractivity contribution < 1.29 is 28.7 Å². The number of fused-ring (bicyclic) bond motifs is 1. The van der Waals surface area contributed by atoms with E-state index in [9.17, 15) is 24.0 Å². The average molecular weight is 381 g/mol. The Morgan fingerprint density at radius 1 is 1.11 bits per heavy atom. The van der Waals surface area contributed by atoms with Crippen LogP contribution in [0.1, 0.15) is 53.4 Å². The SMILES string of the molecule is C[C@@H](C(=O)OCC(=O)NC(=O)NC(C)(C)C)N1C(=O)[C@H]2CCCC[C@H]2C1=O. The molecule has 2 rings (SSSR count).